The van der Waals surface area contributed by atoms with Crippen LogP contribution in [-0.2, 0) is 0 Å². The van der Waals surface area contributed by atoms with Crippen LogP contribution in [0.15, 0.2) is 291 Å². The van der Waals surface area contributed by atoms with Crippen LogP contribution in [0.4, 0.5) is 0 Å². The Bertz CT molecular complexity index is 4120. The normalized spacial score (nSPS) is 11.7. The largest absolute Gasteiger partial charge is 0.0784 e. The smallest absolute Gasteiger partial charge is 0.0656 e. The Balaban J connectivity index is 0.000000153. The third-order valence-corrected chi connectivity index (χ3v) is 28.2. The van der Waals surface area contributed by atoms with Gasteiger partial charge in [-0.15, -0.1) is 0 Å². The van der Waals surface area contributed by atoms with Gasteiger partial charge in [-0.25, -0.2) is 0 Å². The molecule has 0 heterocycles. The molecule has 0 atom stereocenters. The molecular formula is C85H84Br4Si4. The van der Waals surface area contributed by atoms with Gasteiger partial charge in [0.15, 0.2) is 0 Å². The van der Waals surface area contributed by atoms with Crippen molar-refractivity contribution >= 4 is 117 Å². The Morgan fingerprint density at radius 2 is 0.333 bits per heavy atom. The van der Waals surface area contributed by atoms with E-state index >= 15 is 0 Å². The molecule has 0 bridgehead atoms. The van der Waals surface area contributed by atoms with E-state index in [2.05, 4.69) is 404 Å². The van der Waals surface area contributed by atoms with Crippen molar-refractivity contribution < 1.29 is 0 Å². The van der Waals surface area contributed by atoms with Crippen molar-refractivity contribution in [1.82, 2.24) is 0 Å². The maximum atomic E-state index is 3.80. The van der Waals surface area contributed by atoms with E-state index in [4.69, 9.17) is 0 Å². The Morgan fingerprint density at radius 3 is 0.527 bits per heavy atom. The zero-order valence-corrected chi connectivity index (χ0v) is 66.3. The van der Waals surface area contributed by atoms with Crippen molar-refractivity contribution in [2.45, 2.75) is 85.5 Å². The highest BCUT2D eigenvalue weighted by Crippen LogP contribution is 2.41. The van der Waals surface area contributed by atoms with Gasteiger partial charge in [-0.2, -0.15) is 0 Å². The molecule has 0 unspecified atom stereocenters. The lowest BCUT2D eigenvalue weighted by Crippen LogP contribution is -2.39. The molecule has 8 heteroatoms. The summed E-state index contributed by atoms with van der Waals surface area (Å²) in [6.07, 6.45) is 0. The number of hydrogen-bond donors (Lipinski definition) is 0. The number of rotatable bonds is 13. The summed E-state index contributed by atoms with van der Waals surface area (Å²) in [6.45, 7) is 31.5. The van der Waals surface area contributed by atoms with Crippen LogP contribution in [-0.4, -0.2) is 32.3 Å². The van der Waals surface area contributed by atoms with Crippen molar-refractivity contribution in [3.05, 3.63) is 296 Å². The summed E-state index contributed by atoms with van der Waals surface area (Å²) in [4.78, 5) is 0. The maximum absolute atomic E-state index is 3.80. The van der Waals surface area contributed by atoms with Gasteiger partial charge in [0.1, 0.15) is 0 Å². The van der Waals surface area contributed by atoms with Crippen LogP contribution in [0.2, 0.25) is 78.6 Å². The number of benzene rings is 12. The van der Waals surface area contributed by atoms with E-state index in [0.29, 0.717) is 0 Å². The van der Waals surface area contributed by atoms with Crippen LogP contribution in [0.25, 0.3) is 100 Å². The van der Waals surface area contributed by atoms with Crippen molar-refractivity contribution in [3.8, 4) is 100 Å². The average Bonchev–Trinajstić information content (AvgIpc) is 0.802. The highest BCUT2D eigenvalue weighted by molar-refractivity contribution is 9.11. The SMILES string of the molecule is Brc1ccccc1-c1cc(-c2ccccc2Br)cc(-c2ccccc2Br)c1.C[Si](C)(C)c1ccccc1-c1cc(-c2ccccc2Br)cc(-c2ccccc2[Si](C)(C)C)c1.Cc1ccccc1-c1cc(-c2ccccc2[Si](C)(C)C)cc(-c2ccccc2[Si](C)(C)C)c1. The number of hydrogen-bond acceptors (Lipinski definition) is 0. The summed E-state index contributed by atoms with van der Waals surface area (Å²) in [5, 5.41) is 6.07. The Morgan fingerprint density at radius 1 is 0.183 bits per heavy atom. The minimum atomic E-state index is -1.51. The molecule has 0 aliphatic rings. The molecule has 0 radical (unpaired) electrons. The van der Waals surface area contributed by atoms with Crippen molar-refractivity contribution in [3.63, 3.8) is 0 Å². The highest BCUT2D eigenvalue weighted by atomic mass is 79.9. The van der Waals surface area contributed by atoms with Crippen LogP contribution in [0.5, 0.6) is 0 Å². The van der Waals surface area contributed by atoms with Crippen molar-refractivity contribution in [2.24, 2.45) is 0 Å². The van der Waals surface area contributed by atoms with E-state index in [1.54, 1.807) is 0 Å². The predicted molar refractivity (Wildman–Crippen MR) is 436 cm³/mol. The summed E-state index contributed by atoms with van der Waals surface area (Å²) in [6, 6.07) is 99.6. The fourth-order valence-electron chi connectivity index (χ4n) is 12.5. The molecule has 0 N–H and O–H groups in total. The third kappa shape index (κ3) is 16.7. The van der Waals surface area contributed by atoms with Gasteiger partial charge < -0.3 is 0 Å². The van der Waals surface area contributed by atoms with E-state index < -0.39 is 32.3 Å². The van der Waals surface area contributed by atoms with Gasteiger partial charge >= 0.3 is 0 Å². The summed E-state index contributed by atoms with van der Waals surface area (Å²) in [5.41, 5.74) is 24.3. The lowest BCUT2D eigenvalue weighted by atomic mass is 9.92. The molecule has 0 spiro atoms. The summed E-state index contributed by atoms with van der Waals surface area (Å²) < 4.78 is 4.40. The lowest BCUT2D eigenvalue weighted by molar-refractivity contribution is 1.46. The fraction of sp³-hybridized carbons (Fsp3) is 0.153. The van der Waals surface area contributed by atoms with Crippen LogP contribution in [0.1, 0.15) is 5.56 Å². The minimum absolute atomic E-state index is 1.09. The van der Waals surface area contributed by atoms with Crippen LogP contribution in [0, 0.1) is 6.92 Å². The molecule has 0 aromatic heterocycles. The van der Waals surface area contributed by atoms with Crippen LogP contribution >= 0.6 is 63.7 Å². The Hall–Kier alpha value is -6.57. The molecule has 0 amide bonds. The molecule has 0 saturated heterocycles. The minimum Gasteiger partial charge on any atom is -0.0656 e. The van der Waals surface area contributed by atoms with E-state index in [9.17, 15) is 0 Å². The van der Waals surface area contributed by atoms with E-state index in [1.807, 2.05) is 18.2 Å². The van der Waals surface area contributed by atoms with Gasteiger partial charge in [0, 0.05) is 17.9 Å². The third-order valence-electron chi connectivity index (χ3n) is 17.2. The summed E-state index contributed by atoms with van der Waals surface area (Å²) in [5.74, 6) is 0. The Kier molecular flexibility index (Phi) is 22.0. The van der Waals surface area contributed by atoms with E-state index in [-0.39, 0.29) is 0 Å². The topological polar surface area (TPSA) is 0 Å². The first kappa shape index (κ1) is 69.3. The molecule has 0 fully saturated rings. The predicted octanol–water partition coefficient (Wildman–Crippen LogP) is 25.6. The second-order valence-electron chi connectivity index (χ2n) is 28.3. The summed E-state index contributed by atoms with van der Waals surface area (Å²) in [7, 11) is -6.01. The quantitative estimate of drug-likeness (QED) is 0.101. The lowest BCUT2D eigenvalue weighted by Gasteiger charge is -2.24. The molecular weight excluding hydrogens is 1450 g/mol. The first-order valence-corrected chi connectivity index (χ1v) is 49.3. The zero-order chi connectivity index (χ0) is 66.4. The van der Waals surface area contributed by atoms with Gasteiger partial charge in [-0.1, -0.05) is 357 Å². The second kappa shape index (κ2) is 29.6. The van der Waals surface area contributed by atoms with Crippen molar-refractivity contribution in [2.75, 3.05) is 0 Å². The maximum Gasteiger partial charge on any atom is 0.0784 e. The summed E-state index contributed by atoms with van der Waals surface area (Å²) >= 11 is 14.9. The molecule has 12 aromatic rings. The van der Waals surface area contributed by atoms with Gasteiger partial charge in [-0.3, -0.25) is 0 Å². The molecule has 0 nitrogen and oxygen atoms in total. The Labute approximate surface area is 593 Å². The number of aryl methyl sites for hydroxylation is 1. The van der Waals surface area contributed by atoms with Gasteiger partial charge in [0.25, 0.3) is 0 Å². The van der Waals surface area contributed by atoms with Gasteiger partial charge in [0.2, 0.25) is 0 Å². The highest BCUT2D eigenvalue weighted by Gasteiger charge is 2.26. The van der Waals surface area contributed by atoms with Crippen LogP contribution in [0.3, 0.4) is 0 Å². The van der Waals surface area contributed by atoms with Crippen molar-refractivity contribution in [1.29, 1.82) is 0 Å². The second-order valence-corrected chi connectivity index (χ2v) is 51.9. The molecule has 468 valence electrons. The van der Waals surface area contributed by atoms with Crippen LogP contribution < -0.4 is 20.7 Å². The van der Waals surface area contributed by atoms with Gasteiger partial charge in [-0.05, 0) is 191 Å². The molecule has 12 rings (SSSR count). The zero-order valence-electron chi connectivity index (χ0n) is 56.0. The first-order chi connectivity index (χ1) is 44.2. The fourth-order valence-corrected chi connectivity index (χ4v) is 21.1. The van der Waals surface area contributed by atoms with E-state index in [1.165, 1.54) is 126 Å². The monoisotopic (exact) mass is 1530 g/mol. The van der Waals surface area contributed by atoms with E-state index in [0.717, 1.165) is 17.9 Å². The first-order valence-electron chi connectivity index (χ1n) is 32.1. The molecule has 0 saturated carbocycles. The molecule has 0 aliphatic carbocycles. The average molecular weight is 1540 g/mol. The standard InChI is InChI=1S/C31H36Si2.C30H33BrSi2.C24H15Br3/c1-23-14-8-9-15-27(23)24-20-25(28-16-10-12-18-30(28)32(2,3)4)22-26(21-24)29-17-11-13-19-31(29)33(5,6)7;1-32(2,3)29-17-11-8-14-26(29)23-19-22(25-13-7-10-16-28(25)31)20-24(21-23)27-15-9-12-18-30(27)33(4,5)6;25-22-10-4-1-7-19(22)16-13-17(20-8-2-5-11-23(20)26)15-18(14-16)21-9-3-6-12-24(21)27/h8-22H,1-7H3;7-21H,1-6H3;1-15H. The molecule has 0 aliphatic heterocycles. The van der Waals surface area contributed by atoms with Gasteiger partial charge in [0.05, 0.1) is 32.3 Å². The molecule has 12 aromatic carbocycles. The molecule has 93 heavy (non-hydrogen) atoms. The number of halogens is 4.